The van der Waals surface area contributed by atoms with Crippen molar-refractivity contribution in [3.05, 3.63) is 30.6 Å². The Morgan fingerprint density at radius 3 is 2.17 bits per heavy atom. The smallest absolute Gasteiger partial charge is 0.307 e. The minimum Gasteiger partial charge on any atom is -0.369 e. The fraction of sp³-hybridized carbons (Fsp3) is 0.143. The molecule has 0 bridgehead atoms. The molecular weight excluding hydrogens is 158 g/mol. The number of carbonyl (C=O) groups is 1. The van der Waals surface area contributed by atoms with Gasteiger partial charge in [-0.2, -0.15) is 0 Å². The van der Waals surface area contributed by atoms with Crippen LogP contribution in [0.15, 0.2) is 41.0 Å². The molecule has 5 heteroatoms. The maximum atomic E-state index is 9.86. The van der Waals surface area contributed by atoms with Crippen molar-refractivity contribution in [3.8, 4) is 0 Å². The van der Waals surface area contributed by atoms with Gasteiger partial charge in [-0.25, -0.2) is 0 Å². The molecule has 5 nitrogen and oxygen atoms in total. The Bertz CT molecular complexity index is 234. The molecule has 1 amide bonds. The van der Waals surface area contributed by atoms with E-state index in [2.05, 4.69) is 20.2 Å². The highest BCUT2D eigenvalue weighted by atomic mass is 16.7. The van der Waals surface area contributed by atoms with Gasteiger partial charge in [-0.05, 0) is 12.1 Å². The Labute approximate surface area is 69.1 Å². The predicted molar refractivity (Wildman–Crippen MR) is 40.1 cm³/mol. The van der Waals surface area contributed by atoms with Gasteiger partial charge in [0, 0.05) is 17.7 Å². The van der Waals surface area contributed by atoms with Crippen molar-refractivity contribution in [1.29, 1.82) is 0 Å². The van der Waals surface area contributed by atoms with Crippen LogP contribution in [-0.4, -0.2) is 17.5 Å². The van der Waals surface area contributed by atoms with E-state index in [9.17, 15) is 4.79 Å². The van der Waals surface area contributed by atoms with Crippen molar-refractivity contribution < 1.29 is 9.63 Å². The quantitative estimate of drug-likeness (QED) is 0.575. The Morgan fingerprint density at radius 2 is 2.00 bits per heavy atom. The second-order valence-corrected chi connectivity index (χ2v) is 1.87. The number of pyridine rings is 1. The van der Waals surface area contributed by atoms with Crippen LogP contribution in [0.3, 0.4) is 0 Å². The molecule has 0 atom stereocenters. The highest BCUT2D eigenvalue weighted by molar-refractivity contribution is 5.78. The molecular formula is C7H7N3O2. The summed E-state index contributed by atoms with van der Waals surface area (Å²) in [4.78, 5) is 17.8. The average molecular weight is 165 g/mol. The maximum absolute atomic E-state index is 9.86. The van der Waals surface area contributed by atoms with Crippen molar-refractivity contribution in [1.82, 2.24) is 4.98 Å². The van der Waals surface area contributed by atoms with E-state index < -0.39 is 0 Å². The minimum absolute atomic E-state index is 0.0139. The molecule has 0 radical (unpaired) electrons. The van der Waals surface area contributed by atoms with E-state index in [1.807, 2.05) is 18.2 Å². The number of hydrogen-bond acceptors (Lipinski definition) is 4. The molecule has 0 fully saturated rings. The number of nitrogens with zero attached hydrogens (tertiary/aromatic N) is 3. The van der Waals surface area contributed by atoms with Crippen LogP contribution in [0.4, 0.5) is 0 Å². The van der Waals surface area contributed by atoms with E-state index >= 15 is 0 Å². The normalized spacial score (nSPS) is 13.2. The first kappa shape index (κ1) is 8.32. The van der Waals surface area contributed by atoms with E-state index in [-0.39, 0.29) is 12.5 Å². The van der Waals surface area contributed by atoms with Crippen molar-refractivity contribution in [3.63, 3.8) is 0 Å². The molecule has 12 heavy (non-hydrogen) atoms. The standard InChI is InChI=1S/C5H5N.C2H2N2O2/c1-2-4-6-5-3-1;5-2-1-6-4-3-2/h1-5H;1H2. The van der Waals surface area contributed by atoms with Gasteiger partial charge >= 0.3 is 5.91 Å². The lowest BCUT2D eigenvalue weighted by molar-refractivity contribution is -0.118. The molecule has 1 aromatic heterocycles. The zero-order valence-corrected chi connectivity index (χ0v) is 6.25. The lowest BCUT2D eigenvalue weighted by Crippen LogP contribution is -1.91. The highest BCUT2D eigenvalue weighted by Gasteiger charge is 2.03. The topological polar surface area (TPSA) is 63.9 Å². The van der Waals surface area contributed by atoms with Crippen molar-refractivity contribution in [2.24, 2.45) is 10.4 Å². The van der Waals surface area contributed by atoms with E-state index in [1.165, 1.54) is 0 Å². The van der Waals surface area contributed by atoms with Crippen LogP contribution in [0.25, 0.3) is 0 Å². The summed E-state index contributed by atoms with van der Waals surface area (Å²) in [5.41, 5.74) is 0. The SMILES string of the molecule is O=C1CON=N1.c1ccncc1. The van der Waals surface area contributed by atoms with Gasteiger partial charge in [0.05, 0.1) is 0 Å². The minimum atomic E-state index is -0.310. The summed E-state index contributed by atoms with van der Waals surface area (Å²) < 4.78 is 0. The lowest BCUT2D eigenvalue weighted by atomic mass is 10.5. The molecule has 0 saturated carbocycles. The van der Waals surface area contributed by atoms with Gasteiger partial charge in [0.2, 0.25) is 6.61 Å². The van der Waals surface area contributed by atoms with Gasteiger partial charge in [-0.15, -0.1) is 0 Å². The Balaban J connectivity index is 0.000000120. The van der Waals surface area contributed by atoms with E-state index in [4.69, 9.17) is 0 Å². The van der Waals surface area contributed by atoms with Crippen LogP contribution < -0.4 is 0 Å². The first-order valence-corrected chi connectivity index (χ1v) is 3.30. The first-order chi connectivity index (χ1) is 5.89. The van der Waals surface area contributed by atoms with Crippen LogP contribution in [0.1, 0.15) is 0 Å². The summed E-state index contributed by atoms with van der Waals surface area (Å²) >= 11 is 0. The van der Waals surface area contributed by atoms with Crippen LogP contribution >= 0.6 is 0 Å². The zero-order chi connectivity index (χ0) is 8.65. The van der Waals surface area contributed by atoms with Crippen molar-refractivity contribution in [2.75, 3.05) is 6.61 Å². The molecule has 1 aromatic rings. The molecule has 1 aliphatic heterocycles. The van der Waals surface area contributed by atoms with Crippen molar-refractivity contribution >= 4 is 5.91 Å². The molecule has 0 unspecified atom stereocenters. The molecule has 0 spiro atoms. The molecule has 0 aromatic carbocycles. The molecule has 0 aliphatic carbocycles. The van der Waals surface area contributed by atoms with Crippen LogP contribution in [0, 0.1) is 0 Å². The summed E-state index contributed by atoms with van der Waals surface area (Å²) in [7, 11) is 0. The van der Waals surface area contributed by atoms with E-state index in [1.54, 1.807) is 12.4 Å². The number of aromatic nitrogens is 1. The number of rotatable bonds is 0. The Hall–Kier alpha value is -1.78. The maximum Gasteiger partial charge on any atom is 0.307 e. The number of carbonyl (C=O) groups excluding carboxylic acids is 1. The van der Waals surface area contributed by atoms with E-state index in [0.717, 1.165) is 0 Å². The summed E-state index contributed by atoms with van der Waals surface area (Å²) in [5, 5.41) is 5.94. The van der Waals surface area contributed by atoms with Gasteiger partial charge in [0.15, 0.2) is 0 Å². The number of hydrogen-bond donors (Lipinski definition) is 0. The molecule has 2 heterocycles. The van der Waals surface area contributed by atoms with Gasteiger partial charge in [0.1, 0.15) is 0 Å². The first-order valence-electron chi connectivity index (χ1n) is 3.30. The highest BCUT2D eigenvalue weighted by Crippen LogP contribution is 1.90. The van der Waals surface area contributed by atoms with Crippen molar-refractivity contribution in [2.45, 2.75) is 0 Å². The largest absolute Gasteiger partial charge is 0.369 e. The summed E-state index contributed by atoms with van der Waals surface area (Å²) in [6.45, 7) is 0.0139. The third-order valence-corrected chi connectivity index (χ3v) is 0.965. The summed E-state index contributed by atoms with van der Waals surface area (Å²) in [6.07, 6.45) is 3.50. The third-order valence-electron chi connectivity index (χ3n) is 0.965. The third kappa shape index (κ3) is 3.40. The molecule has 1 aliphatic rings. The lowest BCUT2D eigenvalue weighted by Gasteiger charge is -1.71. The van der Waals surface area contributed by atoms with Gasteiger partial charge in [-0.1, -0.05) is 11.2 Å². The zero-order valence-electron chi connectivity index (χ0n) is 6.25. The fourth-order valence-electron chi connectivity index (χ4n) is 0.500. The van der Waals surface area contributed by atoms with Crippen LogP contribution in [0.2, 0.25) is 0 Å². The number of amides is 1. The second kappa shape index (κ2) is 4.95. The molecule has 0 saturated heterocycles. The second-order valence-electron chi connectivity index (χ2n) is 1.87. The van der Waals surface area contributed by atoms with Gasteiger partial charge in [-0.3, -0.25) is 9.78 Å². The van der Waals surface area contributed by atoms with Gasteiger partial charge in [0.25, 0.3) is 0 Å². The molecule has 0 N–H and O–H groups in total. The monoisotopic (exact) mass is 165 g/mol. The molecule has 2 rings (SSSR count). The van der Waals surface area contributed by atoms with Crippen LogP contribution in [0.5, 0.6) is 0 Å². The summed E-state index contributed by atoms with van der Waals surface area (Å²) in [5.74, 6) is -0.310. The Morgan fingerprint density at radius 1 is 1.25 bits per heavy atom. The average Bonchev–Trinajstić information content (AvgIpc) is 2.60. The predicted octanol–water partition coefficient (Wildman–Crippen LogP) is 0.992. The van der Waals surface area contributed by atoms with Crippen LogP contribution in [-0.2, 0) is 9.63 Å². The van der Waals surface area contributed by atoms with Gasteiger partial charge < -0.3 is 4.84 Å². The summed E-state index contributed by atoms with van der Waals surface area (Å²) in [6, 6.07) is 5.72. The molecule has 62 valence electrons. The van der Waals surface area contributed by atoms with E-state index in [0.29, 0.717) is 0 Å². The fourth-order valence-corrected chi connectivity index (χ4v) is 0.500. The Kier molecular flexibility index (Phi) is 3.43.